The highest BCUT2D eigenvalue weighted by atomic mass is 19.1. The maximum absolute atomic E-state index is 13.1. The number of aliphatic hydroxyl groups is 1. The Hall–Kier alpha value is -0.890. The lowest BCUT2D eigenvalue weighted by Gasteiger charge is -2.21. The van der Waals surface area contributed by atoms with Gasteiger partial charge >= 0.3 is 0 Å². The fraction of sp³-hybridized carbons (Fsp3) is 0.538. The van der Waals surface area contributed by atoms with Gasteiger partial charge in [-0.25, -0.2) is 4.39 Å². The Morgan fingerprint density at radius 1 is 1.27 bits per heavy atom. The summed E-state index contributed by atoms with van der Waals surface area (Å²) >= 11 is 0. The van der Waals surface area contributed by atoms with Crippen LogP contribution in [0.5, 0.6) is 0 Å². The lowest BCUT2D eigenvalue weighted by Crippen LogP contribution is -2.11. The minimum absolute atomic E-state index is 0.202. The van der Waals surface area contributed by atoms with Gasteiger partial charge in [0.1, 0.15) is 5.82 Å². The van der Waals surface area contributed by atoms with E-state index in [0.717, 1.165) is 23.1 Å². The molecule has 84 valence electrons. The summed E-state index contributed by atoms with van der Waals surface area (Å²) in [6.45, 7) is 7.74. The summed E-state index contributed by atoms with van der Waals surface area (Å²) < 4.78 is 13.1. The molecular weight excluding hydrogens is 191 g/mol. The Balaban J connectivity index is 3.13. The summed E-state index contributed by atoms with van der Waals surface area (Å²) in [5.74, 6) is -0.0297. The molecule has 0 heterocycles. The molecule has 1 aromatic rings. The van der Waals surface area contributed by atoms with Crippen molar-refractivity contribution in [3.8, 4) is 0 Å². The molecule has 1 nitrogen and oxygen atoms in total. The highest BCUT2D eigenvalue weighted by Crippen LogP contribution is 2.29. The Morgan fingerprint density at radius 3 is 2.13 bits per heavy atom. The van der Waals surface area contributed by atoms with Crippen LogP contribution < -0.4 is 0 Å². The number of hydrogen-bond acceptors (Lipinski definition) is 1. The third kappa shape index (κ3) is 2.57. The molecule has 1 aromatic carbocycles. The van der Waals surface area contributed by atoms with Crippen LogP contribution in [0.25, 0.3) is 0 Å². The van der Waals surface area contributed by atoms with Crippen molar-refractivity contribution in [3.05, 3.63) is 34.6 Å². The summed E-state index contributed by atoms with van der Waals surface area (Å²) in [7, 11) is 0. The van der Waals surface area contributed by atoms with Crippen molar-refractivity contribution in [2.45, 2.75) is 40.2 Å². The largest absolute Gasteiger partial charge is 0.388 e. The topological polar surface area (TPSA) is 20.2 Å². The zero-order valence-corrected chi connectivity index (χ0v) is 9.84. The van der Waals surface area contributed by atoms with E-state index in [-0.39, 0.29) is 11.7 Å². The van der Waals surface area contributed by atoms with Gasteiger partial charge in [-0.15, -0.1) is 0 Å². The van der Waals surface area contributed by atoms with Crippen molar-refractivity contribution >= 4 is 0 Å². The van der Waals surface area contributed by atoms with Crippen LogP contribution in [0.15, 0.2) is 12.1 Å². The SMILES string of the molecule is CCC(C)C(O)c1c(C)cc(F)cc1C. The molecule has 2 atom stereocenters. The molecule has 0 aliphatic carbocycles. The monoisotopic (exact) mass is 210 g/mol. The Kier molecular flexibility index (Phi) is 3.86. The first-order valence-electron chi connectivity index (χ1n) is 5.42. The molecule has 0 radical (unpaired) electrons. The van der Waals surface area contributed by atoms with E-state index < -0.39 is 6.10 Å². The number of hydrogen-bond donors (Lipinski definition) is 1. The minimum Gasteiger partial charge on any atom is -0.388 e. The van der Waals surface area contributed by atoms with E-state index in [9.17, 15) is 9.50 Å². The number of halogens is 1. The van der Waals surface area contributed by atoms with E-state index in [4.69, 9.17) is 0 Å². The fourth-order valence-corrected chi connectivity index (χ4v) is 1.90. The third-order valence-corrected chi connectivity index (χ3v) is 3.04. The highest BCUT2D eigenvalue weighted by Gasteiger charge is 2.19. The smallest absolute Gasteiger partial charge is 0.123 e. The molecule has 0 aliphatic rings. The molecule has 1 rings (SSSR count). The molecule has 15 heavy (non-hydrogen) atoms. The lowest BCUT2D eigenvalue weighted by atomic mass is 9.89. The second-order valence-electron chi connectivity index (χ2n) is 4.28. The minimum atomic E-state index is -0.490. The van der Waals surface area contributed by atoms with Crippen molar-refractivity contribution in [2.75, 3.05) is 0 Å². The van der Waals surface area contributed by atoms with Crippen molar-refractivity contribution in [1.29, 1.82) is 0 Å². The van der Waals surface area contributed by atoms with Crippen LogP contribution in [-0.2, 0) is 0 Å². The standard InChI is InChI=1S/C13H19FO/c1-5-8(2)13(15)12-9(3)6-11(14)7-10(12)4/h6-8,13,15H,5H2,1-4H3. The maximum Gasteiger partial charge on any atom is 0.123 e. The van der Waals surface area contributed by atoms with Gasteiger partial charge in [0.05, 0.1) is 6.10 Å². The van der Waals surface area contributed by atoms with Crippen molar-refractivity contribution in [3.63, 3.8) is 0 Å². The first kappa shape index (κ1) is 12.2. The molecule has 0 bridgehead atoms. The van der Waals surface area contributed by atoms with E-state index in [0.29, 0.717) is 0 Å². The summed E-state index contributed by atoms with van der Waals surface area (Å²) in [5, 5.41) is 10.1. The molecular formula is C13H19FO. The number of rotatable bonds is 3. The Morgan fingerprint density at radius 2 is 1.73 bits per heavy atom. The molecule has 0 aromatic heterocycles. The van der Waals surface area contributed by atoms with Gasteiger partial charge in [-0.1, -0.05) is 20.3 Å². The molecule has 0 saturated carbocycles. The lowest BCUT2D eigenvalue weighted by molar-refractivity contribution is 0.114. The van der Waals surface area contributed by atoms with Crippen LogP contribution in [0.2, 0.25) is 0 Å². The molecule has 0 fully saturated rings. The van der Waals surface area contributed by atoms with Crippen LogP contribution in [0.4, 0.5) is 4.39 Å². The summed E-state index contributed by atoms with van der Waals surface area (Å²) in [5.41, 5.74) is 2.55. The van der Waals surface area contributed by atoms with Crippen LogP contribution in [-0.4, -0.2) is 5.11 Å². The van der Waals surface area contributed by atoms with Gasteiger partial charge < -0.3 is 5.11 Å². The molecule has 0 spiro atoms. The average Bonchev–Trinajstić information content (AvgIpc) is 2.14. The molecule has 0 aliphatic heterocycles. The summed E-state index contributed by atoms with van der Waals surface area (Å²) in [4.78, 5) is 0. The van der Waals surface area contributed by atoms with Gasteiger partial charge in [0.15, 0.2) is 0 Å². The summed E-state index contributed by atoms with van der Waals surface area (Å²) in [6.07, 6.45) is 0.424. The van der Waals surface area contributed by atoms with Crippen LogP contribution in [0.3, 0.4) is 0 Å². The van der Waals surface area contributed by atoms with E-state index in [1.165, 1.54) is 12.1 Å². The highest BCUT2D eigenvalue weighted by molar-refractivity contribution is 5.36. The summed E-state index contributed by atoms with van der Waals surface area (Å²) in [6, 6.07) is 2.96. The Labute approximate surface area is 90.9 Å². The van der Waals surface area contributed by atoms with Gasteiger partial charge in [-0.3, -0.25) is 0 Å². The third-order valence-electron chi connectivity index (χ3n) is 3.04. The predicted molar refractivity (Wildman–Crippen MR) is 60.3 cm³/mol. The van der Waals surface area contributed by atoms with Gasteiger partial charge in [0.25, 0.3) is 0 Å². The zero-order valence-electron chi connectivity index (χ0n) is 9.84. The maximum atomic E-state index is 13.1. The van der Waals surface area contributed by atoms with Crippen LogP contribution >= 0.6 is 0 Å². The fourth-order valence-electron chi connectivity index (χ4n) is 1.90. The van der Waals surface area contributed by atoms with E-state index in [1.54, 1.807) is 0 Å². The molecule has 0 amide bonds. The number of benzene rings is 1. The second-order valence-corrected chi connectivity index (χ2v) is 4.28. The molecule has 2 heteroatoms. The molecule has 1 N–H and O–H groups in total. The zero-order chi connectivity index (χ0) is 11.6. The van der Waals surface area contributed by atoms with Gasteiger partial charge in [0, 0.05) is 0 Å². The van der Waals surface area contributed by atoms with Gasteiger partial charge in [-0.05, 0) is 48.6 Å². The van der Waals surface area contributed by atoms with Crippen molar-refractivity contribution in [2.24, 2.45) is 5.92 Å². The predicted octanol–water partition coefficient (Wildman–Crippen LogP) is 3.52. The quantitative estimate of drug-likeness (QED) is 0.809. The second kappa shape index (κ2) is 4.75. The first-order chi connectivity index (χ1) is 6.97. The number of aryl methyl sites for hydroxylation is 2. The first-order valence-corrected chi connectivity index (χ1v) is 5.42. The van der Waals surface area contributed by atoms with Gasteiger partial charge in [-0.2, -0.15) is 0 Å². The van der Waals surface area contributed by atoms with Gasteiger partial charge in [0.2, 0.25) is 0 Å². The van der Waals surface area contributed by atoms with E-state index in [2.05, 4.69) is 0 Å². The number of aliphatic hydroxyl groups excluding tert-OH is 1. The molecule has 2 unspecified atom stereocenters. The molecule has 0 saturated heterocycles. The van der Waals surface area contributed by atoms with Crippen molar-refractivity contribution < 1.29 is 9.50 Å². The average molecular weight is 210 g/mol. The Bertz CT molecular complexity index is 323. The van der Waals surface area contributed by atoms with Crippen LogP contribution in [0.1, 0.15) is 43.1 Å². The normalized spacial score (nSPS) is 15.1. The van der Waals surface area contributed by atoms with Crippen LogP contribution in [0, 0.1) is 25.6 Å². The van der Waals surface area contributed by atoms with Crippen molar-refractivity contribution in [1.82, 2.24) is 0 Å². The van der Waals surface area contributed by atoms with E-state index >= 15 is 0 Å². The van der Waals surface area contributed by atoms with E-state index in [1.807, 2.05) is 27.7 Å².